The van der Waals surface area contributed by atoms with Crippen molar-refractivity contribution in [3.8, 4) is 6.07 Å². The highest BCUT2D eigenvalue weighted by atomic mass is 19.1. The average molecular weight is 265 g/mol. The lowest BCUT2D eigenvalue weighted by Crippen LogP contribution is -2.03. The molecule has 2 N–H and O–H groups in total. The molecule has 0 atom stereocenters. The number of aromatic nitrogens is 1. The Bertz CT molecular complexity index is 827. The molecule has 0 aliphatic carbocycles. The lowest BCUT2D eigenvalue weighted by Gasteiger charge is -2.09. The van der Waals surface area contributed by atoms with E-state index in [2.05, 4.69) is 0 Å². The first kappa shape index (κ1) is 12.2. The molecule has 3 aromatic rings. The van der Waals surface area contributed by atoms with Crippen molar-refractivity contribution in [2.75, 3.05) is 5.73 Å². The number of hydrogen-bond donors (Lipinski definition) is 1. The van der Waals surface area contributed by atoms with Gasteiger partial charge in [0.1, 0.15) is 11.9 Å². The van der Waals surface area contributed by atoms with Gasteiger partial charge in [-0.2, -0.15) is 5.26 Å². The van der Waals surface area contributed by atoms with Gasteiger partial charge in [-0.1, -0.05) is 24.3 Å². The van der Waals surface area contributed by atoms with E-state index in [0.717, 1.165) is 10.9 Å². The highest BCUT2D eigenvalue weighted by Gasteiger charge is 2.10. The summed E-state index contributed by atoms with van der Waals surface area (Å²) in [7, 11) is 0. The second-order valence-corrected chi connectivity index (χ2v) is 4.62. The smallest absolute Gasteiger partial charge is 0.145 e. The minimum absolute atomic E-state index is 0.0620. The van der Waals surface area contributed by atoms with Crippen molar-refractivity contribution in [3.63, 3.8) is 0 Å². The van der Waals surface area contributed by atoms with Gasteiger partial charge in [-0.15, -0.1) is 0 Å². The van der Waals surface area contributed by atoms with Gasteiger partial charge in [0.2, 0.25) is 0 Å². The number of halogens is 1. The molecule has 1 aromatic heterocycles. The van der Waals surface area contributed by atoms with Crippen LogP contribution in [0.25, 0.3) is 10.9 Å². The van der Waals surface area contributed by atoms with Gasteiger partial charge in [-0.05, 0) is 18.2 Å². The van der Waals surface area contributed by atoms with E-state index in [1.54, 1.807) is 12.1 Å². The van der Waals surface area contributed by atoms with Crippen LogP contribution in [-0.4, -0.2) is 4.57 Å². The Morgan fingerprint density at radius 2 is 1.95 bits per heavy atom. The van der Waals surface area contributed by atoms with Gasteiger partial charge >= 0.3 is 0 Å². The summed E-state index contributed by atoms with van der Waals surface area (Å²) in [6, 6.07) is 14.3. The van der Waals surface area contributed by atoms with Crippen LogP contribution in [0.4, 0.5) is 10.1 Å². The van der Waals surface area contributed by atoms with Crippen molar-refractivity contribution in [1.29, 1.82) is 5.26 Å². The molecule has 0 aliphatic rings. The van der Waals surface area contributed by atoms with Crippen LogP contribution in [0.5, 0.6) is 0 Å². The molecule has 0 aliphatic heterocycles. The molecular formula is C16H12FN3. The number of para-hydroxylation sites is 1. The molecule has 20 heavy (non-hydrogen) atoms. The molecule has 98 valence electrons. The number of nitrogens with two attached hydrogens (primary N) is 1. The summed E-state index contributed by atoms with van der Waals surface area (Å²) >= 11 is 0. The Morgan fingerprint density at radius 3 is 2.75 bits per heavy atom. The van der Waals surface area contributed by atoms with Crippen LogP contribution in [-0.2, 0) is 6.54 Å². The van der Waals surface area contributed by atoms with Crippen molar-refractivity contribution in [3.05, 3.63) is 65.6 Å². The largest absolute Gasteiger partial charge is 0.397 e. The number of benzene rings is 2. The zero-order chi connectivity index (χ0) is 14.1. The quantitative estimate of drug-likeness (QED) is 0.723. The van der Waals surface area contributed by atoms with Crippen LogP contribution in [0.15, 0.2) is 48.7 Å². The molecule has 1 heterocycles. The first-order valence-electron chi connectivity index (χ1n) is 6.21. The van der Waals surface area contributed by atoms with E-state index in [1.165, 1.54) is 6.07 Å². The molecule has 2 aromatic carbocycles. The molecule has 0 saturated heterocycles. The zero-order valence-electron chi connectivity index (χ0n) is 10.7. The van der Waals surface area contributed by atoms with Gasteiger partial charge < -0.3 is 10.3 Å². The van der Waals surface area contributed by atoms with Crippen LogP contribution in [0.2, 0.25) is 0 Å². The normalized spacial score (nSPS) is 10.6. The van der Waals surface area contributed by atoms with Gasteiger partial charge in [-0.3, -0.25) is 0 Å². The van der Waals surface area contributed by atoms with Gasteiger partial charge in [0.25, 0.3) is 0 Å². The predicted octanol–water partition coefficient (Wildman–Crippen LogP) is 3.28. The first-order valence-corrected chi connectivity index (χ1v) is 6.21. The fourth-order valence-corrected chi connectivity index (χ4v) is 2.39. The average Bonchev–Trinajstić information content (AvgIpc) is 2.86. The van der Waals surface area contributed by atoms with Crippen molar-refractivity contribution >= 4 is 16.6 Å². The monoisotopic (exact) mass is 265 g/mol. The molecule has 0 bridgehead atoms. The van der Waals surface area contributed by atoms with Crippen LogP contribution in [0.3, 0.4) is 0 Å². The fourth-order valence-electron chi connectivity index (χ4n) is 2.39. The third-order valence-corrected chi connectivity index (χ3v) is 3.36. The summed E-state index contributed by atoms with van der Waals surface area (Å²) in [4.78, 5) is 0. The first-order chi connectivity index (χ1) is 9.70. The number of hydrogen-bond acceptors (Lipinski definition) is 2. The van der Waals surface area contributed by atoms with Gasteiger partial charge in [0, 0.05) is 17.1 Å². The molecule has 0 saturated carbocycles. The van der Waals surface area contributed by atoms with Crippen LogP contribution in [0, 0.1) is 17.1 Å². The summed E-state index contributed by atoms with van der Waals surface area (Å²) in [5.41, 5.74) is 8.06. The number of anilines is 1. The highest BCUT2D eigenvalue weighted by molar-refractivity contribution is 5.90. The third kappa shape index (κ3) is 1.90. The minimum Gasteiger partial charge on any atom is -0.397 e. The van der Waals surface area contributed by atoms with Crippen molar-refractivity contribution < 1.29 is 4.39 Å². The van der Waals surface area contributed by atoms with E-state index in [4.69, 9.17) is 11.0 Å². The van der Waals surface area contributed by atoms with Crippen molar-refractivity contribution in [2.24, 2.45) is 0 Å². The Balaban J connectivity index is 2.09. The van der Waals surface area contributed by atoms with Crippen LogP contribution < -0.4 is 5.73 Å². The highest BCUT2D eigenvalue weighted by Crippen LogP contribution is 2.24. The molecule has 0 fully saturated rings. The minimum atomic E-state index is -0.466. The number of fused-ring (bicyclic) bond motifs is 1. The fraction of sp³-hybridized carbons (Fsp3) is 0.0625. The zero-order valence-corrected chi connectivity index (χ0v) is 10.7. The van der Waals surface area contributed by atoms with E-state index in [0.29, 0.717) is 17.8 Å². The Kier molecular flexibility index (Phi) is 2.88. The number of nitrogens with zero attached hydrogens (tertiary/aromatic N) is 2. The van der Waals surface area contributed by atoms with Gasteiger partial charge in [-0.25, -0.2) is 4.39 Å². The SMILES string of the molecule is N#Cc1cccc(Cn2ccc3cccc(N)c32)c1F. The maximum atomic E-state index is 14.1. The van der Waals surface area contributed by atoms with Gasteiger partial charge in [0.05, 0.1) is 23.3 Å². The third-order valence-electron chi connectivity index (χ3n) is 3.36. The topological polar surface area (TPSA) is 54.7 Å². The van der Waals surface area contributed by atoms with Crippen LogP contribution >= 0.6 is 0 Å². The Labute approximate surface area is 115 Å². The number of nitriles is 1. The molecule has 0 spiro atoms. The summed E-state index contributed by atoms with van der Waals surface area (Å²) in [5, 5.41) is 9.88. The number of rotatable bonds is 2. The predicted molar refractivity (Wildman–Crippen MR) is 76.6 cm³/mol. The molecule has 3 nitrogen and oxygen atoms in total. The lowest BCUT2D eigenvalue weighted by molar-refractivity contribution is 0.598. The maximum absolute atomic E-state index is 14.1. The standard InChI is InChI=1S/C16H12FN3/c17-15-12(9-18)4-1-5-13(15)10-20-8-7-11-3-2-6-14(19)16(11)20/h1-8H,10,19H2. The lowest BCUT2D eigenvalue weighted by atomic mass is 10.1. The molecule has 0 radical (unpaired) electrons. The molecule has 0 amide bonds. The molecule has 0 unspecified atom stereocenters. The second-order valence-electron chi connectivity index (χ2n) is 4.62. The summed E-state index contributed by atoms with van der Waals surface area (Å²) in [6.45, 7) is 0.346. The van der Waals surface area contributed by atoms with Crippen molar-refractivity contribution in [1.82, 2.24) is 4.57 Å². The van der Waals surface area contributed by atoms with E-state index < -0.39 is 5.82 Å². The maximum Gasteiger partial charge on any atom is 0.145 e. The molecular weight excluding hydrogens is 253 g/mol. The summed E-state index contributed by atoms with van der Waals surface area (Å²) < 4.78 is 16.0. The Hall–Kier alpha value is -2.80. The van der Waals surface area contributed by atoms with Gasteiger partial charge in [0.15, 0.2) is 0 Å². The number of nitrogen functional groups attached to an aromatic ring is 1. The van der Waals surface area contributed by atoms with E-state index >= 15 is 0 Å². The van der Waals surface area contributed by atoms with Crippen LogP contribution in [0.1, 0.15) is 11.1 Å². The molecule has 4 heteroatoms. The molecule has 3 rings (SSSR count). The van der Waals surface area contributed by atoms with Crippen molar-refractivity contribution in [2.45, 2.75) is 6.54 Å². The summed E-state index contributed by atoms with van der Waals surface area (Å²) in [6.07, 6.45) is 1.87. The van der Waals surface area contributed by atoms with E-state index in [-0.39, 0.29) is 5.56 Å². The summed E-state index contributed by atoms with van der Waals surface area (Å²) in [5.74, 6) is -0.466. The van der Waals surface area contributed by atoms with E-state index in [1.807, 2.05) is 41.1 Å². The van der Waals surface area contributed by atoms with E-state index in [9.17, 15) is 4.39 Å². The Morgan fingerprint density at radius 1 is 1.15 bits per heavy atom. The second kappa shape index (κ2) is 4.71.